The predicted molar refractivity (Wildman–Crippen MR) is 119 cm³/mol. The van der Waals surface area contributed by atoms with E-state index in [0.29, 0.717) is 33.4 Å². The van der Waals surface area contributed by atoms with Crippen molar-refractivity contribution in [3.8, 4) is 17.2 Å². The first-order valence-corrected chi connectivity index (χ1v) is 9.93. The Morgan fingerprint density at radius 3 is 2.53 bits per heavy atom. The summed E-state index contributed by atoms with van der Waals surface area (Å²) in [5, 5.41) is 3.49. The molecule has 0 radical (unpaired) electrons. The SMILES string of the molecule is Cc1cc(C)cc(OCC(=O)Nc2ccc3oc(-c4ccc(C)c(Cl)c4)nc3c2)c1. The largest absolute Gasteiger partial charge is 0.484 e. The fourth-order valence-electron chi connectivity index (χ4n) is 3.22. The summed E-state index contributed by atoms with van der Waals surface area (Å²) in [6.45, 7) is 5.85. The van der Waals surface area contributed by atoms with Crippen LogP contribution in [0.1, 0.15) is 16.7 Å². The molecule has 0 fully saturated rings. The molecule has 30 heavy (non-hydrogen) atoms. The highest BCUT2D eigenvalue weighted by molar-refractivity contribution is 6.31. The zero-order valence-electron chi connectivity index (χ0n) is 17.0. The average Bonchev–Trinajstić information content (AvgIpc) is 3.11. The number of aromatic nitrogens is 1. The molecule has 3 aromatic carbocycles. The molecule has 4 rings (SSSR count). The number of hydrogen-bond acceptors (Lipinski definition) is 4. The van der Waals surface area contributed by atoms with Gasteiger partial charge in [-0.15, -0.1) is 0 Å². The number of hydrogen-bond donors (Lipinski definition) is 1. The van der Waals surface area contributed by atoms with Crippen molar-refractivity contribution in [2.24, 2.45) is 0 Å². The number of amides is 1. The third kappa shape index (κ3) is 4.47. The Morgan fingerprint density at radius 2 is 1.80 bits per heavy atom. The summed E-state index contributed by atoms with van der Waals surface area (Å²) >= 11 is 6.21. The van der Waals surface area contributed by atoms with Crippen LogP contribution in [-0.2, 0) is 4.79 Å². The molecule has 0 aliphatic heterocycles. The smallest absolute Gasteiger partial charge is 0.262 e. The van der Waals surface area contributed by atoms with E-state index >= 15 is 0 Å². The highest BCUT2D eigenvalue weighted by atomic mass is 35.5. The van der Waals surface area contributed by atoms with Gasteiger partial charge in [-0.1, -0.05) is 23.7 Å². The van der Waals surface area contributed by atoms with Gasteiger partial charge in [0, 0.05) is 16.3 Å². The van der Waals surface area contributed by atoms with E-state index in [4.69, 9.17) is 20.8 Å². The summed E-state index contributed by atoms with van der Waals surface area (Å²) in [7, 11) is 0. The van der Waals surface area contributed by atoms with Crippen LogP contribution in [-0.4, -0.2) is 17.5 Å². The lowest BCUT2D eigenvalue weighted by atomic mass is 10.1. The number of fused-ring (bicyclic) bond motifs is 1. The first-order valence-electron chi connectivity index (χ1n) is 9.55. The second kappa shape index (κ2) is 8.20. The Labute approximate surface area is 179 Å². The minimum atomic E-state index is -0.248. The Morgan fingerprint density at radius 1 is 1.03 bits per heavy atom. The normalized spacial score (nSPS) is 10.9. The summed E-state index contributed by atoms with van der Waals surface area (Å²) in [6, 6.07) is 16.9. The molecule has 1 aromatic heterocycles. The highest BCUT2D eigenvalue weighted by Gasteiger charge is 2.11. The molecule has 1 amide bonds. The molecule has 0 atom stereocenters. The molecular weight excluding hydrogens is 400 g/mol. The second-order valence-electron chi connectivity index (χ2n) is 7.33. The van der Waals surface area contributed by atoms with E-state index in [1.54, 1.807) is 18.2 Å². The van der Waals surface area contributed by atoms with Crippen LogP contribution >= 0.6 is 11.6 Å². The Balaban J connectivity index is 1.46. The number of anilines is 1. The molecule has 0 unspecified atom stereocenters. The third-order valence-electron chi connectivity index (χ3n) is 4.66. The topological polar surface area (TPSA) is 64.4 Å². The van der Waals surface area contributed by atoms with Crippen molar-refractivity contribution in [2.45, 2.75) is 20.8 Å². The van der Waals surface area contributed by atoms with Gasteiger partial charge in [0.25, 0.3) is 5.91 Å². The zero-order chi connectivity index (χ0) is 21.3. The Kier molecular flexibility index (Phi) is 5.46. The van der Waals surface area contributed by atoms with Crippen molar-refractivity contribution < 1.29 is 13.9 Å². The number of nitrogens with one attached hydrogen (secondary N) is 1. The molecule has 1 heterocycles. The summed E-state index contributed by atoms with van der Waals surface area (Å²) in [5.74, 6) is 0.909. The van der Waals surface area contributed by atoms with Crippen LogP contribution in [0.4, 0.5) is 5.69 Å². The van der Waals surface area contributed by atoms with Crippen molar-refractivity contribution in [2.75, 3.05) is 11.9 Å². The van der Waals surface area contributed by atoms with E-state index < -0.39 is 0 Å². The van der Waals surface area contributed by atoms with Gasteiger partial charge < -0.3 is 14.5 Å². The van der Waals surface area contributed by atoms with Crippen LogP contribution in [0, 0.1) is 20.8 Å². The van der Waals surface area contributed by atoms with Gasteiger partial charge in [0.2, 0.25) is 5.89 Å². The molecule has 4 aromatic rings. The third-order valence-corrected chi connectivity index (χ3v) is 5.06. The van der Waals surface area contributed by atoms with Gasteiger partial charge in [0.05, 0.1) is 0 Å². The number of oxazole rings is 1. The molecule has 5 nitrogen and oxygen atoms in total. The monoisotopic (exact) mass is 420 g/mol. The minimum absolute atomic E-state index is 0.0765. The van der Waals surface area contributed by atoms with Crippen molar-refractivity contribution in [1.29, 1.82) is 0 Å². The van der Waals surface area contributed by atoms with Gasteiger partial charge in [-0.3, -0.25) is 4.79 Å². The molecular formula is C24H21ClN2O3. The van der Waals surface area contributed by atoms with Crippen LogP contribution in [0.3, 0.4) is 0 Å². The number of carbonyl (C=O) groups excluding carboxylic acids is 1. The maximum Gasteiger partial charge on any atom is 0.262 e. The zero-order valence-corrected chi connectivity index (χ0v) is 17.7. The lowest BCUT2D eigenvalue weighted by Gasteiger charge is -2.09. The number of rotatable bonds is 5. The molecule has 152 valence electrons. The first-order chi connectivity index (χ1) is 14.4. The van der Waals surface area contributed by atoms with E-state index in [1.165, 1.54) is 0 Å². The summed E-state index contributed by atoms with van der Waals surface area (Å²) in [4.78, 5) is 16.8. The molecule has 0 saturated carbocycles. The van der Waals surface area contributed by atoms with Gasteiger partial charge in [-0.25, -0.2) is 4.98 Å². The fourth-order valence-corrected chi connectivity index (χ4v) is 3.40. The van der Waals surface area contributed by atoms with Crippen molar-refractivity contribution >= 4 is 34.3 Å². The number of aryl methyl sites for hydroxylation is 3. The van der Waals surface area contributed by atoms with E-state index in [9.17, 15) is 4.79 Å². The van der Waals surface area contributed by atoms with Crippen molar-refractivity contribution in [3.05, 3.63) is 76.3 Å². The number of benzene rings is 3. The number of ether oxygens (including phenoxy) is 1. The average molecular weight is 421 g/mol. The van der Waals surface area contributed by atoms with Crippen LogP contribution in [0.5, 0.6) is 5.75 Å². The Bertz CT molecular complexity index is 1230. The maximum absolute atomic E-state index is 12.3. The first kappa shape index (κ1) is 20.0. The fraction of sp³-hybridized carbons (Fsp3) is 0.167. The minimum Gasteiger partial charge on any atom is -0.484 e. The summed E-state index contributed by atoms with van der Waals surface area (Å²) in [5.41, 5.74) is 5.87. The lowest BCUT2D eigenvalue weighted by molar-refractivity contribution is -0.118. The van der Waals surface area contributed by atoms with Crippen LogP contribution < -0.4 is 10.1 Å². The van der Waals surface area contributed by atoms with E-state index in [0.717, 1.165) is 22.3 Å². The van der Waals surface area contributed by atoms with Crippen molar-refractivity contribution in [3.63, 3.8) is 0 Å². The van der Waals surface area contributed by atoms with E-state index in [1.807, 2.05) is 51.1 Å². The number of nitrogens with zero attached hydrogens (tertiary/aromatic N) is 1. The van der Waals surface area contributed by atoms with Crippen LogP contribution in [0.25, 0.3) is 22.6 Å². The molecule has 0 aliphatic rings. The number of carbonyl (C=O) groups is 1. The molecule has 0 saturated heterocycles. The lowest BCUT2D eigenvalue weighted by Crippen LogP contribution is -2.20. The van der Waals surface area contributed by atoms with Gasteiger partial charge in [0.15, 0.2) is 12.2 Å². The van der Waals surface area contributed by atoms with E-state index in [2.05, 4.69) is 16.4 Å². The van der Waals surface area contributed by atoms with Gasteiger partial charge in [-0.05, 0) is 79.9 Å². The summed E-state index contributed by atoms with van der Waals surface area (Å²) in [6.07, 6.45) is 0. The van der Waals surface area contributed by atoms with Gasteiger partial charge in [-0.2, -0.15) is 0 Å². The highest BCUT2D eigenvalue weighted by Crippen LogP contribution is 2.29. The van der Waals surface area contributed by atoms with Crippen LogP contribution in [0.15, 0.2) is 59.0 Å². The van der Waals surface area contributed by atoms with Gasteiger partial charge >= 0.3 is 0 Å². The summed E-state index contributed by atoms with van der Waals surface area (Å²) < 4.78 is 11.4. The molecule has 0 spiro atoms. The second-order valence-corrected chi connectivity index (χ2v) is 7.73. The molecule has 1 N–H and O–H groups in total. The van der Waals surface area contributed by atoms with Gasteiger partial charge in [0.1, 0.15) is 11.3 Å². The van der Waals surface area contributed by atoms with Crippen LogP contribution in [0.2, 0.25) is 5.02 Å². The van der Waals surface area contributed by atoms with Crippen molar-refractivity contribution in [1.82, 2.24) is 4.98 Å². The standard InChI is InChI=1S/C24H21ClN2O3/c1-14-8-15(2)10-19(9-14)29-13-23(28)26-18-6-7-22-21(12-18)27-24(30-22)17-5-4-16(3)20(25)11-17/h4-12H,13H2,1-3H3,(H,26,28). The Hall–Kier alpha value is -3.31. The molecule has 0 bridgehead atoms. The quantitative estimate of drug-likeness (QED) is 0.424. The number of halogens is 1. The maximum atomic E-state index is 12.3. The van der Waals surface area contributed by atoms with E-state index in [-0.39, 0.29) is 12.5 Å². The molecule has 6 heteroatoms. The predicted octanol–water partition coefficient (Wildman–Crippen LogP) is 6.09. The molecule has 0 aliphatic carbocycles.